The van der Waals surface area contributed by atoms with Gasteiger partial charge in [0.25, 0.3) is 0 Å². The van der Waals surface area contributed by atoms with Gasteiger partial charge in [0.15, 0.2) is 9.84 Å². The van der Waals surface area contributed by atoms with E-state index in [1.807, 2.05) is 30.5 Å². The molecule has 132 valence electrons. The Kier molecular flexibility index (Phi) is 5.36. The van der Waals surface area contributed by atoms with Gasteiger partial charge in [0.05, 0.1) is 17.2 Å². The monoisotopic (exact) mass is 369 g/mol. The van der Waals surface area contributed by atoms with E-state index in [0.717, 1.165) is 30.1 Å². The SMILES string of the molecule is CSc1ccccc1NC(=O)N1CCN(C2CCS(=O)(=O)C2)CC1. The maximum atomic E-state index is 12.5. The highest BCUT2D eigenvalue weighted by molar-refractivity contribution is 7.98. The van der Waals surface area contributed by atoms with Gasteiger partial charge in [0, 0.05) is 37.1 Å². The van der Waals surface area contributed by atoms with Crippen LogP contribution in [0.25, 0.3) is 0 Å². The highest BCUT2D eigenvalue weighted by Crippen LogP contribution is 2.25. The Morgan fingerprint density at radius 1 is 1.21 bits per heavy atom. The number of nitrogens with zero attached hydrogens (tertiary/aromatic N) is 2. The molecule has 3 rings (SSSR count). The minimum absolute atomic E-state index is 0.0878. The maximum Gasteiger partial charge on any atom is 0.321 e. The summed E-state index contributed by atoms with van der Waals surface area (Å²) in [5.41, 5.74) is 0.833. The van der Waals surface area contributed by atoms with Crippen molar-refractivity contribution in [3.05, 3.63) is 24.3 Å². The molecule has 1 N–H and O–H groups in total. The van der Waals surface area contributed by atoms with Gasteiger partial charge in [-0.1, -0.05) is 12.1 Å². The van der Waals surface area contributed by atoms with Gasteiger partial charge in [0.1, 0.15) is 0 Å². The van der Waals surface area contributed by atoms with Gasteiger partial charge in [-0.2, -0.15) is 0 Å². The average Bonchev–Trinajstić information content (AvgIpc) is 2.95. The number of amides is 2. The lowest BCUT2D eigenvalue weighted by Gasteiger charge is -2.37. The molecule has 0 radical (unpaired) electrons. The first-order chi connectivity index (χ1) is 11.5. The van der Waals surface area contributed by atoms with E-state index in [1.165, 1.54) is 0 Å². The number of piperazine rings is 1. The number of benzene rings is 1. The third kappa shape index (κ3) is 4.04. The van der Waals surface area contributed by atoms with E-state index in [-0.39, 0.29) is 17.8 Å². The number of carbonyl (C=O) groups is 1. The van der Waals surface area contributed by atoms with Gasteiger partial charge in [-0.3, -0.25) is 4.90 Å². The normalized spacial score (nSPS) is 24.0. The van der Waals surface area contributed by atoms with Crippen molar-refractivity contribution in [2.24, 2.45) is 0 Å². The van der Waals surface area contributed by atoms with Crippen molar-refractivity contribution in [1.29, 1.82) is 0 Å². The van der Waals surface area contributed by atoms with Crippen molar-refractivity contribution >= 4 is 33.3 Å². The summed E-state index contributed by atoms with van der Waals surface area (Å²) >= 11 is 1.60. The Morgan fingerprint density at radius 3 is 2.54 bits per heavy atom. The van der Waals surface area contributed by atoms with Crippen LogP contribution in [0.5, 0.6) is 0 Å². The number of thioether (sulfide) groups is 1. The van der Waals surface area contributed by atoms with Crippen LogP contribution < -0.4 is 5.32 Å². The molecule has 24 heavy (non-hydrogen) atoms. The number of sulfone groups is 1. The number of rotatable bonds is 3. The number of hydrogen-bond donors (Lipinski definition) is 1. The topological polar surface area (TPSA) is 69.7 Å². The summed E-state index contributed by atoms with van der Waals surface area (Å²) in [6, 6.07) is 7.79. The first kappa shape index (κ1) is 17.6. The molecule has 2 aliphatic heterocycles. The molecular weight excluding hydrogens is 346 g/mol. The van der Waals surface area contributed by atoms with Gasteiger partial charge < -0.3 is 10.2 Å². The molecule has 1 aromatic carbocycles. The van der Waals surface area contributed by atoms with E-state index < -0.39 is 9.84 Å². The van der Waals surface area contributed by atoms with Crippen molar-refractivity contribution in [2.75, 3.05) is 49.3 Å². The van der Waals surface area contributed by atoms with E-state index in [9.17, 15) is 13.2 Å². The van der Waals surface area contributed by atoms with Crippen LogP contribution >= 0.6 is 11.8 Å². The molecule has 8 heteroatoms. The van der Waals surface area contributed by atoms with Crippen molar-refractivity contribution in [2.45, 2.75) is 17.4 Å². The van der Waals surface area contributed by atoms with Crippen molar-refractivity contribution in [3.63, 3.8) is 0 Å². The van der Waals surface area contributed by atoms with Gasteiger partial charge in [-0.05, 0) is 24.8 Å². The molecule has 1 aromatic rings. The number of urea groups is 1. The van der Waals surface area contributed by atoms with E-state index >= 15 is 0 Å². The third-order valence-electron chi connectivity index (χ3n) is 4.67. The highest BCUT2D eigenvalue weighted by Gasteiger charge is 2.34. The van der Waals surface area contributed by atoms with Crippen LogP contribution in [0.3, 0.4) is 0 Å². The molecule has 0 bridgehead atoms. The van der Waals surface area contributed by atoms with Gasteiger partial charge in [-0.25, -0.2) is 13.2 Å². The zero-order valence-electron chi connectivity index (χ0n) is 13.8. The molecule has 2 fully saturated rings. The minimum Gasteiger partial charge on any atom is -0.322 e. The standard InChI is InChI=1S/C16H23N3O3S2/c1-23-15-5-3-2-4-14(15)17-16(20)19-9-7-18(8-10-19)13-6-11-24(21,22)12-13/h2-5,13H,6-12H2,1H3,(H,17,20). The predicted octanol–water partition coefficient (Wildman–Crippen LogP) is 1.75. The number of hydrogen-bond acceptors (Lipinski definition) is 5. The molecule has 0 saturated carbocycles. The number of para-hydroxylation sites is 1. The summed E-state index contributed by atoms with van der Waals surface area (Å²) in [6.45, 7) is 2.73. The molecule has 1 atom stereocenters. The van der Waals surface area contributed by atoms with Gasteiger partial charge in [-0.15, -0.1) is 11.8 Å². The maximum absolute atomic E-state index is 12.5. The zero-order valence-corrected chi connectivity index (χ0v) is 15.4. The summed E-state index contributed by atoms with van der Waals surface area (Å²) in [4.78, 5) is 17.5. The van der Waals surface area contributed by atoms with Crippen LogP contribution in [-0.2, 0) is 9.84 Å². The summed E-state index contributed by atoms with van der Waals surface area (Å²) in [5, 5.41) is 2.98. The lowest BCUT2D eigenvalue weighted by Crippen LogP contribution is -2.53. The fourth-order valence-corrected chi connectivity index (χ4v) is 5.61. The lowest BCUT2D eigenvalue weighted by molar-refractivity contribution is 0.121. The number of anilines is 1. The second kappa shape index (κ2) is 7.33. The van der Waals surface area contributed by atoms with Gasteiger partial charge >= 0.3 is 6.03 Å². The smallest absolute Gasteiger partial charge is 0.321 e. The molecule has 0 aromatic heterocycles. The van der Waals surface area contributed by atoms with Crippen molar-refractivity contribution in [3.8, 4) is 0 Å². The molecule has 2 amide bonds. The van der Waals surface area contributed by atoms with Crippen molar-refractivity contribution < 1.29 is 13.2 Å². The van der Waals surface area contributed by atoms with Crippen molar-refractivity contribution in [1.82, 2.24) is 9.80 Å². The average molecular weight is 370 g/mol. The van der Waals surface area contributed by atoms with E-state index in [0.29, 0.717) is 18.8 Å². The molecule has 1 unspecified atom stereocenters. The van der Waals surface area contributed by atoms with E-state index in [4.69, 9.17) is 0 Å². The predicted molar refractivity (Wildman–Crippen MR) is 97.4 cm³/mol. The quantitative estimate of drug-likeness (QED) is 0.822. The molecule has 0 aliphatic carbocycles. The molecule has 6 nitrogen and oxygen atoms in total. The minimum atomic E-state index is -2.86. The van der Waals surface area contributed by atoms with Crippen LogP contribution in [0.2, 0.25) is 0 Å². The Bertz CT molecular complexity index is 700. The molecule has 2 aliphatic rings. The molecule has 2 heterocycles. The Morgan fingerprint density at radius 2 is 1.92 bits per heavy atom. The fourth-order valence-electron chi connectivity index (χ4n) is 3.30. The zero-order chi connectivity index (χ0) is 17.2. The first-order valence-electron chi connectivity index (χ1n) is 8.12. The van der Waals surface area contributed by atoms with Crippen LogP contribution in [0.15, 0.2) is 29.2 Å². The van der Waals surface area contributed by atoms with E-state index in [2.05, 4.69) is 10.2 Å². The number of nitrogens with one attached hydrogen (secondary N) is 1. The largest absolute Gasteiger partial charge is 0.322 e. The van der Waals surface area contributed by atoms with Gasteiger partial charge in [0.2, 0.25) is 0 Å². The second-order valence-corrected chi connectivity index (χ2v) is 9.29. The fraction of sp³-hybridized carbons (Fsp3) is 0.562. The third-order valence-corrected chi connectivity index (χ3v) is 7.22. The van der Waals surface area contributed by atoms with Crippen LogP contribution in [0, 0.1) is 0 Å². The van der Waals surface area contributed by atoms with Crippen LogP contribution in [-0.4, -0.2) is 74.2 Å². The van der Waals surface area contributed by atoms with Crippen LogP contribution in [0.4, 0.5) is 10.5 Å². The first-order valence-corrected chi connectivity index (χ1v) is 11.2. The lowest BCUT2D eigenvalue weighted by atomic mass is 10.2. The summed E-state index contributed by atoms with van der Waals surface area (Å²) in [7, 11) is -2.86. The highest BCUT2D eigenvalue weighted by atomic mass is 32.2. The summed E-state index contributed by atoms with van der Waals surface area (Å²) < 4.78 is 23.2. The molecule has 2 saturated heterocycles. The Hall–Kier alpha value is -1.25. The van der Waals surface area contributed by atoms with Crippen LogP contribution in [0.1, 0.15) is 6.42 Å². The molecule has 0 spiro atoms. The summed E-state index contributed by atoms with van der Waals surface area (Å²) in [5.74, 6) is 0.560. The number of carbonyl (C=O) groups excluding carboxylic acids is 1. The second-order valence-electron chi connectivity index (χ2n) is 6.21. The molecular formula is C16H23N3O3S2. The summed E-state index contributed by atoms with van der Waals surface area (Å²) in [6.07, 6.45) is 2.70. The Labute approximate surface area is 147 Å². The van der Waals surface area contributed by atoms with E-state index in [1.54, 1.807) is 16.7 Å². The Balaban J connectivity index is 1.54.